The summed E-state index contributed by atoms with van der Waals surface area (Å²) in [5.74, 6) is 0.456. The second kappa shape index (κ2) is 6.24. The summed E-state index contributed by atoms with van der Waals surface area (Å²) in [7, 11) is 0. The number of fused-ring (bicyclic) bond motifs is 1. The van der Waals surface area contributed by atoms with Gasteiger partial charge < -0.3 is 19.9 Å². The molecule has 1 aromatic rings. The molecular weight excluding hydrogens is 284 g/mol. The van der Waals surface area contributed by atoms with Crippen LogP contribution in [0.5, 0.6) is 0 Å². The molecule has 0 saturated carbocycles. The Morgan fingerprint density at radius 3 is 2.59 bits per heavy atom. The molecule has 4 unspecified atom stereocenters. The summed E-state index contributed by atoms with van der Waals surface area (Å²) in [5, 5.41) is 2.72. The van der Waals surface area contributed by atoms with Gasteiger partial charge in [0.1, 0.15) is 12.2 Å². The Morgan fingerprint density at radius 1 is 1.23 bits per heavy atom. The van der Waals surface area contributed by atoms with E-state index in [-0.39, 0.29) is 18.2 Å². The quantitative estimate of drug-likeness (QED) is 0.890. The summed E-state index contributed by atoms with van der Waals surface area (Å²) in [5.41, 5.74) is 7.79. The molecule has 1 aromatic carbocycles. The Kier molecular flexibility index (Phi) is 4.33. The molecule has 0 aliphatic carbocycles. The first-order valence-corrected chi connectivity index (χ1v) is 7.61. The lowest BCUT2D eigenvalue weighted by atomic mass is 10.0. The topological polar surface area (TPSA) is 82.8 Å². The van der Waals surface area contributed by atoms with Gasteiger partial charge in [-0.3, -0.25) is 5.32 Å². The lowest BCUT2D eigenvalue weighted by Crippen LogP contribution is -2.38. The van der Waals surface area contributed by atoms with Crippen LogP contribution in [0.4, 0.5) is 10.5 Å². The third kappa shape index (κ3) is 3.09. The Balaban J connectivity index is 1.54. The zero-order valence-corrected chi connectivity index (χ0v) is 12.8. The van der Waals surface area contributed by atoms with Crippen molar-refractivity contribution in [2.45, 2.75) is 44.1 Å². The Bertz CT molecular complexity index is 531. The number of carbonyl (C=O) groups excluding carboxylic acids is 1. The first-order valence-electron chi connectivity index (χ1n) is 7.61. The zero-order valence-electron chi connectivity index (χ0n) is 12.8. The van der Waals surface area contributed by atoms with E-state index in [2.05, 4.69) is 19.2 Å². The minimum atomic E-state index is -0.504. The van der Waals surface area contributed by atoms with E-state index in [1.54, 1.807) is 0 Å². The molecule has 0 radical (unpaired) electrons. The van der Waals surface area contributed by atoms with Gasteiger partial charge in [0.05, 0.1) is 19.3 Å². The molecule has 3 N–H and O–H groups in total. The van der Waals surface area contributed by atoms with Crippen molar-refractivity contribution in [2.75, 3.05) is 18.5 Å². The van der Waals surface area contributed by atoms with Crippen molar-refractivity contribution in [1.82, 2.24) is 0 Å². The van der Waals surface area contributed by atoms with Gasteiger partial charge in [-0.1, -0.05) is 26.0 Å². The lowest BCUT2D eigenvalue weighted by Gasteiger charge is -2.17. The van der Waals surface area contributed by atoms with Gasteiger partial charge in [-0.25, -0.2) is 4.79 Å². The number of anilines is 1. The summed E-state index contributed by atoms with van der Waals surface area (Å²) >= 11 is 0. The highest BCUT2D eigenvalue weighted by molar-refractivity contribution is 5.84. The van der Waals surface area contributed by atoms with E-state index < -0.39 is 12.2 Å². The standard InChI is InChI=1S/C16H22N2O4/c1-9(2)10-3-5-11(6-4-10)18-16(19)22-13-8-21-14-12(17)7-20-15(13)14/h3-6,9,12-15H,7-8,17H2,1-2H3,(H,18,19). The summed E-state index contributed by atoms with van der Waals surface area (Å²) in [4.78, 5) is 12.0. The Hall–Kier alpha value is -1.63. The minimum Gasteiger partial charge on any atom is -0.441 e. The minimum absolute atomic E-state index is 0.148. The van der Waals surface area contributed by atoms with Gasteiger partial charge in [0, 0.05) is 5.69 Å². The van der Waals surface area contributed by atoms with Gasteiger partial charge in [0.25, 0.3) is 0 Å². The molecule has 120 valence electrons. The molecule has 3 rings (SSSR count). The number of hydrogen-bond donors (Lipinski definition) is 2. The first-order chi connectivity index (χ1) is 10.5. The predicted molar refractivity (Wildman–Crippen MR) is 81.9 cm³/mol. The van der Waals surface area contributed by atoms with Gasteiger partial charge in [0.2, 0.25) is 0 Å². The molecular formula is C16H22N2O4. The highest BCUT2D eigenvalue weighted by atomic mass is 16.6. The van der Waals surface area contributed by atoms with Crippen LogP contribution in [-0.4, -0.2) is 43.7 Å². The Morgan fingerprint density at radius 2 is 1.91 bits per heavy atom. The van der Waals surface area contributed by atoms with Crippen molar-refractivity contribution < 1.29 is 19.0 Å². The molecule has 6 nitrogen and oxygen atoms in total. The largest absolute Gasteiger partial charge is 0.441 e. The van der Waals surface area contributed by atoms with Crippen molar-refractivity contribution in [3.63, 3.8) is 0 Å². The summed E-state index contributed by atoms with van der Waals surface area (Å²) in [6.07, 6.45) is -1.35. The summed E-state index contributed by atoms with van der Waals surface area (Å²) in [6, 6.07) is 7.58. The summed E-state index contributed by atoms with van der Waals surface area (Å²) in [6.45, 7) is 5.01. The number of amides is 1. The maximum absolute atomic E-state index is 12.0. The smallest absolute Gasteiger partial charge is 0.412 e. The van der Waals surface area contributed by atoms with Crippen LogP contribution in [0.1, 0.15) is 25.3 Å². The van der Waals surface area contributed by atoms with Crippen LogP contribution in [0.3, 0.4) is 0 Å². The average Bonchev–Trinajstić information content (AvgIpc) is 3.04. The molecule has 4 atom stereocenters. The van der Waals surface area contributed by atoms with E-state index in [1.807, 2.05) is 24.3 Å². The van der Waals surface area contributed by atoms with Gasteiger partial charge in [0.15, 0.2) is 6.10 Å². The van der Waals surface area contributed by atoms with Crippen molar-refractivity contribution >= 4 is 11.8 Å². The van der Waals surface area contributed by atoms with Crippen LogP contribution >= 0.6 is 0 Å². The van der Waals surface area contributed by atoms with Crippen LogP contribution in [0.25, 0.3) is 0 Å². The Labute approximate surface area is 129 Å². The second-order valence-corrected chi connectivity index (χ2v) is 6.11. The fraction of sp³-hybridized carbons (Fsp3) is 0.562. The van der Waals surface area contributed by atoms with E-state index in [0.717, 1.165) is 0 Å². The molecule has 0 aromatic heterocycles. The van der Waals surface area contributed by atoms with Gasteiger partial charge in [-0.2, -0.15) is 0 Å². The molecule has 0 spiro atoms. The van der Waals surface area contributed by atoms with Crippen molar-refractivity contribution in [1.29, 1.82) is 0 Å². The molecule has 6 heteroatoms. The van der Waals surface area contributed by atoms with E-state index in [0.29, 0.717) is 24.8 Å². The third-order valence-electron chi connectivity index (χ3n) is 4.13. The molecule has 2 fully saturated rings. The number of carbonyl (C=O) groups is 1. The van der Waals surface area contributed by atoms with E-state index in [1.165, 1.54) is 5.56 Å². The fourth-order valence-electron chi connectivity index (χ4n) is 2.83. The maximum atomic E-state index is 12.0. The van der Waals surface area contributed by atoms with Crippen LogP contribution in [-0.2, 0) is 14.2 Å². The van der Waals surface area contributed by atoms with Crippen molar-refractivity contribution in [3.05, 3.63) is 29.8 Å². The molecule has 2 aliphatic rings. The SMILES string of the molecule is CC(C)c1ccc(NC(=O)OC2COC3C(N)COC23)cc1. The molecule has 2 saturated heterocycles. The van der Waals surface area contributed by atoms with Gasteiger partial charge >= 0.3 is 6.09 Å². The highest BCUT2D eigenvalue weighted by Crippen LogP contribution is 2.28. The highest BCUT2D eigenvalue weighted by Gasteiger charge is 2.48. The fourth-order valence-corrected chi connectivity index (χ4v) is 2.83. The maximum Gasteiger partial charge on any atom is 0.412 e. The average molecular weight is 306 g/mol. The van der Waals surface area contributed by atoms with Crippen LogP contribution < -0.4 is 11.1 Å². The summed E-state index contributed by atoms with van der Waals surface area (Å²) < 4.78 is 16.5. The molecule has 2 heterocycles. The third-order valence-corrected chi connectivity index (χ3v) is 4.13. The number of rotatable bonds is 3. The van der Waals surface area contributed by atoms with Crippen LogP contribution in [0, 0.1) is 0 Å². The number of ether oxygens (including phenoxy) is 3. The van der Waals surface area contributed by atoms with Gasteiger partial charge in [-0.15, -0.1) is 0 Å². The number of hydrogen-bond acceptors (Lipinski definition) is 5. The molecule has 2 aliphatic heterocycles. The van der Waals surface area contributed by atoms with Crippen LogP contribution in [0.15, 0.2) is 24.3 Å². The predicted octanol–water partition coefficient (Wildman–Crippen LogP) is 1.85. The second-order valence-electron chi connectivity index (χ2n) is 6.11. The monoisotopic (exact) mass is 306 g/mol. The number of nitrogens with one attached hydrogen (secondary N) is 1. The van der Waals surface area contributed by atoms with E-state index in [9.17, 15) is 4.79 Å². The van der Waals surface area contributed by atoms with E-state index >= 15 is 0 Å². The lowest BCUT2D eigenvalue weighted by molar-refractivity contribution is 0.00900. The van der Waals surface area contributed by atoms with Crippen molar-refractivity contribution in [3.8, 4) is 0 Å². The zero-order chi connectivity index (χ0) is 15.7. The van der Waals surface area contributed by atoms with E-state index in [4.69, 9.17) is 19.9 Å². The molecule has 22 heavy (non-hydrogen) atoms. The van der Waals surface area contributed by atoms with Crippen LogP contribution in [0.2, 0.25) is 0 Å². The first kappa shape index (κ1) is 15.3. The molecule has 1 amide bonds. The van der Waals surface area contributed by atoms with Crippen molar-refractivity contribution in [2.24, 2.45) is 5.73 Å². The van der Waals surface area contributed by atoms with Gasteiger partial charge in [-0.05, 0) is 23.6 Å². The normalized spacial score (nSPS) is 30.4. The number of benzene rings is 1. The molecule has 0 bridgehead atoms. The number of nitrogens with two attached hydrogens (primary N) is 1.